The Morgan fingerprint density at radius 1 is 1.18 bits per heavy atom. The number of aromatic nitrogens is 3. The summed E-state index contributed by atoms with van der Waals surface area (Å²) in [4.78, 5) is 15.0. The van der Waals surface area contributed by atoms with Crippen LogP contribution >= 0.6 is 0 Å². The summed E-state index contributed by atoms with van der Waals surface area (Å²) in [5, 5.41) is 11.6. The van der Waals surface area contributed by atoms with Crippen LogP contribution in [0.3, 0.4) is 0 Å². The van der Waals surface area contributed by atoms with Crippen molar-refractivity contribution < 1.29 is 22.7 Å². The van der Waals surface area contributed by atoms with E-state index in [1.54, 1.807) is 29.1 Å². The van der Waals surface area contributed by atoms with Gasteiger partial charge in [-0.3, -0.25) is 4.79 Å². The van der Waals surface area contributed by atoms with Gasteiger partial charge in [0.1, 0.15) is 12.4 Å². The Kier molecular flexibility index (Phi) is 6.50. The summed E-state index contributed by atoms with van der Waals surface area (Å²) >= 11 is 0. The molecule has 206 valence electrons. The smallest absolute Gasteiger partial charge is 0.362 e. The summed E-state index contributed by atoms with van der Waals surface area (Å²) in [6.45, 7) is 2.22. The first kappa shape index (κ1) is 26.0. The van der Waals surface area contributed by atoms with Gasteiger partial charge in [-0.25, -0.2) is 0 Å². The van der Waals surface area contributed by atoms with Gasteiger partial charge in [-0.2, -0.15) is 13.2 Å². The van der Waals surface area contributed by atoms with Crippen molar-refractivity contribution in [1.82, 2.24) is 20.1 Å². The molecule has 2 fully saturated rings. The maximum atomic E-state index is 14.2. The standard InChI is InChI=1S/C29H32F3N5O2/c1-28(10-5-11-28)33-15-18-12-22-23(24(13-18)29(30,31)32)16-37(27(22)38)20-7-3-6-19(14-20)25(39-21-8-4-9-21)26-35-34-17-36(26)2/h3,6-7,12-14,17,21,25,33H,4-5,8-11,15-16H2,1-2H3. The average Bonchev–Trinajstić information content (AvgIpc) is 3.43. The summed E-state index contributed by atoms with van der Waals surface area (Å²) in [5.41, 5.74) is 1.09. The molecule has 0 radical (unpaired) electrons. The zero-order valence-corrected chi connectivity index (χ0v) is 22.1. The predicted octanol–water partition coefficient (Wildman–Crippen LogP) is 5.69. The van der Waals surface area contributed by atoms with Gasteiger partial charge in [-0.1, -0.05) is 12.1 Å². The molecule has 0 spiro atoms. The van der Waals surface area contributed by atoms with Gasteiger partial charge in [-0.15, -0.1) is 10.2 Å². The van der Waals surface area contributed by atoms with E-state index in [1.807, 2.05) is 19.2 Å². The maximum Gasteiger partial charge on any atom is 0.416 e. The van der Waals surface area contributed by atoms with Gasteiger partial charge in [0.05, 0.1) is 18.2 Å². The van der Waals surface area contributed by atoms with Crippen molar-refractivity contribution in [2.45, 2.75) is 82.5 Å². The molecular formula is C29H32F3N5O2. The third kappa shape index (κ3) is 4.96. The first-order valence-electron chi connectivity index (χ1n) is 13.5. The minimum atomic E-state index is -4.56. The van der Waals surface area contributed by atoms with Crippen LogP contribution in [0.25, 0.3) is 0 Å². The number of ether oxygens (including phenoxy) is 1. The van der Waals surface area contributed by atoms with Crippen molar-refractivity contribution in [3.63, 3.8) is 0 Å². The molecular weight excluding hydrogens is 507 g/mol. The maximum absolute atomic E-state index is 14.2. The Morgan fingerprint density at radius 3 is 2.59 bits per heavy atom. The van der Waals surface area contributed by atoms with E-state index < -0.39 is 23.8 Å². The highest BCUT2D eigenvalue weighted by Gasteiger charge is 2.41. The molecule has 1 amide bonds. The van der Waals surface area contributed by atoms with Gasteiger partial charge in [-0.05, 0) is 86.4 Å². The molecule has 0 bridgehead atoms. The van der Waals surface area contributed by atoms with Crippen LogP contribution < -0.4 is 10.2 Å². The summed E-state index contributed by atoms with van der Waals surface area (Å²) in [6.07, 6.45) is 2.77. The molecule has 1 aliphatic heterocycles. The zero-order valence-electron chi connectivity index (χ0n) is 22.1. The summed E-state index contributed by atoms with van der Waals surface area (Å²) in [7, 11) is 1.84. The summed E-state index contributed by atoms with van der Waals surface area (Å²) in [6, 6.07) is 10.1. The molecule has 39 heavy (non-hydrogen) atoms. The van der Waals surface area contributed by atoms with E-state index in [9.17, 15) is 18.0 Å². The van der Waals surface area contributed by atoms with E-state index >= 15 is 0 Å². The van der Waals surface area contributed by atoms with Crippen LogP contribution in [0.1, 0.15) is 90.0 Å². The third-order valence-electron chi connectivity index (χ3n) is 8.43. The number of halogens is 3. The number of fused-ring (bicyclic) bond motifs is 1. The van der Waals surface area contributed by atoms with Gasteiger partial charge >= 0.3 is 6.18 Å². The van der Waals surface area contributed by atoms with Crippen molar-refractivity contribution in [1.29, 1.82) is 0 Å². The largest absolute Gasteiger partial charge is 0.416 e. The highest BCUT2D eigenvalue weighted by molar-refractivity contribution is 6.10. The number of aryl methyl sites for hydroxylation is 1. The number of alkyl halides is 3. The predicted molar refractivity (Wildman–Crippen MR) is 139 cm³/mol. The van der Waals surface area contributed by atoms with Crippen molar-refractivity contribution in [2.24, 2.45) is 7.05 Å². The van der Waals surface area contributed by atoms with E-state index in [0.717, 1.165) is 44.1 Å². The Bertz CT molecular complexity index is 1390. The molecule has 10 heteroatoms. The van der Waals surface area contributed by atoms with Gasteiger partial charge < -0.3 is 19.5 Å². The van der Waals surface area contributed by atoms with Gasteiger partial charge in [0.15, 0.2) is 5.82 Å². The number of carbonyl (C=O) groups is 1. The quantitative estimate of drug-likeness (QED) is 0.399. The number of rotatable bonds is 8. The number of benzene rings is 2. The Morgan fingerprint density at radius 2 is 1.97 bits per heavy atom. The van der Waals surface area contributed by atoms with Gasteiger partial charge in [0.2, 0.25) is 0 Å². The lowest BCUT2D eigenvalue weighted by Crippen LogP contribution is -2.47. The number of hydrogen-bond donors (Lipinski definition) is 1. The Balaban J connectivity index is 1.31. The van der Waals surface area contributed by atoms with Crippen molar-refractivity contribution in [2.75, 3.05) is 4.90 Å². The molecule has 2 saturated carbocycles. The van der Waals surface area contributed by atoms with Crippen molar-refractivity contribution in [3.05, 3.63) is 76.4 Å². The molecule has 1 N–H and O–H groups in total. The lowest BCUT2D eigenvalue weighted by Gasteiger charge is -2.39. The second-order valence-electron chi connectivity index (χ2n) is 11.3. The molecule has 0 saturated heterocycles. The van der Waals surface area contributed by atoms with Crippen LogP contribution in [0.2, 0.25) is 0 Å². The van der Waals surface area contributed by atoms with E-state index in [4.69, 9.17) is 4.74 Å². The molecule has 2 aliphatic carbocycles. The molecule has 7 nitrogen and oxygen atoms in total. The first-order chi connectivity index (χ1) is 18.6. The SMILES string of the molecule is Cn1cnnc1C(OC1CCC1)c1cccc(N2Cc3c(cc(CNC4(C)CCC4)cc3C(F)(F)F)C2=O)c1. The van der Waals surface area contributed by atoms with Crippen molar-refractivity contribution in [3.8, 4) is 0 Å². The minimum absolute atomic E-state index is 0.0204. The number of hydrogen-bond acceptors (Lipinski definition) is 5. The highest BCUT2D eigenvalue weighted by Crippen LogP contribution is 2.41. The fourth-order valence-corrected chi connectivity index (χ4v) is 5.60. The first-order valence-corrected chi connectivity index (χ1v) is 13.5. The molecule has 1 unspecified atom stereocenters. The van der Waals surface area contributed by atoms with E-state index in [1.165, 1.54) is 11.0 Å². The van der Waals surface area contributed by atoms with Gasteiger partial charge in [0, 0.05) is 30.4 Å². The fourth-order valence-electron chi connectivity index (χ4n) is 5.60. The van der Waals surface area contributed by atoms with E-state index in [-0.39, 0.29) is 35.9 Å². The van der Waals surface area contributed by atoms with E-state index in [0.29, 0.717) is 17.1 Å². The fraction of sp³-hybridized carbons (Fsp3) is 0.483. The monoisotopic (exact) mass is 539 g/mol. The molecule has 3 aliphatic rings. The molecule has 1 aromatic heterocycles. The minimum Gasteiger partial charge on any atom is -0.362 e. The molecule has 3 aromatic rings. The van der Waals surface area contributed by atoms with Crippen molar-refractivity contribution >= 4 is 11.6 Å². The molecule has 2 heterocycles. The lowest BCUT2D eigenvalue weighted by molar-refractivity contribution is -0.138. The number of amides is 1. The number of nitrogens with one attached hydrogen (secondary N) is 1. The van der Waals surface area contributed by atoms with E-state index in [2.05, 4.69) is 22.4 Å². The second kappa shape index (κ2) is 9.75. The number of anilines is 1. The Hall–Kier alpha value is -3.24. The van der Waals surface area contributed by atoms with Gasteiger partial charge in [0.25, 0.3) is 5.91 Å². The summed E-state index contributed by atoms with van der Waals surface area (Å²) < 4.78 is 50.7. The number of nitrogens with zero attached hydrogens (tertiary/aromatic N) is 4. The van der Waals surface area contributed by atoms with Crippen LogP contribution in [0, 0.1) is 0 Å². The number of carbonyl (C=O) groups excluding carboxylic acids is 1. The Labute approximate surface area is 225 Å². The molecule has 2 aromatic carbocycles. The molecule has 1 atom stereocenters. The van der Waals surface area contributed by atoms with Crippen LogP contribution in [-0.2, 0) is 31.1 Å². The highest BCUT2D eigenvalue weighted by atomic mass is 19.4. The van der Waals surface area contributed by atoms with Crippen LogP contribution in [0.15, 0.2) is 42.7 Å². The topological polar surface area (TPSA) is 72.3 Å². The average molecular weight is 540 g/mol. The zero-order chi connectivity index (χ0) is 27.4. The molecule has 6 rings (SSSR count). The lowest BCUT2D eigenvalue weighted by atomic mass is 9.78. The normalized spacial score (nSPS) is 19.5. The van der Waals surface area contributed by atoms with Crippen LogP contribution in [0.4, 0.5) is 18.9 Å². The van der Waals surface area contributed by atoms with Crippen LogP contribution in [-0.4, -0.2) is 32.3 Å². The van der Waals surface area contributed by atoms with Crippen LogP contribution in [0.5, 0.6) is 0 Å². The second-order valence-corrected chi connectivity index (χ2v) is 11.3. The summed E-state index contributed by atoms with van der Waals surface area (Å²) in [5.74, 6) is 0.200. The third-order valence-corrected chi connectivity index (χ3v) is 8.43.